The second kappa shape index (κ2) is 5.74. The minimum atomic E-state index is -0.387. The zero-order chi connectivity index (χ0) is 14.8. The van der Waals surface area contributed by atoms with Crippen LogP contribution in [-0.2, 0) is 6.42 Å². The third-order valence-electron chi connectivity index (χ3n) is 3.98. The van der Waals surface area contributed by atoms with Gasteiger partial charge in [-0.2, -0.15) is 0 Å². The Kier molecular flexibility index (Phi) is 3.80. The van der Waals surface area contributed by atoms with E-state index in [0.29, 0.717) is 6.61 Å². The lowest BCUT2D eigenvalue weighted by Crippen LogP contribution is -2.31. The summed E-state index contributed by atoms with van der Waals surface area (Å²) in [5.41, 5.74) is 8.22. The van der Waals surface area contributed by atoms with E-state index in [1.54, 1.807) is 6.07 Å². The van der Waals surface area contributed by atoms with Crippen molar-refractivity contribution < 1.29 is 13.9 Å². The zero-order valence-corrected chi connectivity index (χ0v) is 11.9. The van der Waals surface area contributed by atoms with Crippen molar-refractivity contribution in [1.29, 1.82) is 0 Å². The van der Waals surface area contributed by atoms with E-state index < -0.39 is 0 Å². The molecule has 0 aliphatic carbocycles. The van der Waals surface area contributed by atoms with Gasteiger partial charge < -0.3 is 15.2 Å². The van der Waals surface area contributed by atoms with Crippen LogP contribution in [-0.4, -0.2) is 13.7 Å². The molecular weight excluding hydrogens is 269 g/mol. The third kappa shape index (κ3) is 2.72. The first kappa shape index (κ1) is 13.9. The molecule has 2 aromatic carbocycles. The average Bonchev–Trinajstić information content (AvgIpc) is 2.53. The minimum Gasteiger partial charge on any atom is -0.494 e. The number of rotatable bonds is 3. The van der Waals surface area contributed by atoms with Gasteiger partial charge in [0, 0.05) is 12.0 Å². The van der Waals surface area contributed by atoms with E-state index in [9.17, 15) is 4.39 Å². The minimum absolute atomic E-state index is 0.132. The molecule has 1 aliphatic rings. The van der Waals surface area contributed by atoms with Crippen LogP contribution in [0.3, 0.4) is 0 Å². The normalized spacial score (nSPS) is 18.5. The number of nitrogens with two attached hydrogens (primary N) is 1. The topological polar surface area (TPSA) is 44.5 Å². The number of fused-ring (bicyclic) bond motifs is 1. The van der Waals surface area contributed by atoms with Gasteiger partial charge in [0.25, 0.3) is 0 Å². The predicted octanol–water partition coefficient (Wildman–Crippen LogP) is 3.09. The highest BCUT2D eigenvalue weighted by Crippen LogP contribution is 2.33. The molecule has 2 atom stereocenters. The Morgan fingerprint density at radius 3 is 2.86 bits per heavy atom. The molecule has 21 heavy (non-hydrogen) atoms. The lowest BCUT2D eigenvalue weighted by Gasteiger charge is -2.29. The van der Waals surface area contributed by atoms with Crippen LogP contribution in [0.2, 0.25) is 0 Å². The predicted molar refractivity (Wildman–Crippen MR) is 79.0 cm³/mol. The Hall–Kier alpha value is -2.07. The maximum Gasteiger partial charge on any atom is 0.165 e. The fourth-order valence-electron chi connectivity index (χ4n) is 2.74. The molecule has 0 spiro atoms. The van der Waals surface area contributed by atoms with Crippen LogP contribution >= 0.6 is 0 Å². The number of ether oxygens (including phenoxy) is 2. The summed E-state index contributed by atoms with van der Waals surface area (Å²) >= 11 is 0. The molecule has 110 valence electrons. The van der Waals surface area contributed by atoms with E-state index in [1.165, 1.54) is 13.2 Å². The first-order chi connectivity index (χ1) is 10.2. The van der Waals surface area contributed by atoms with E-state index in [4.69, 9.17) is 15.2 Å². The molecule has 2 N–H and O–H groups in total. The van der Waals surface area contributed by atoms with Gasteiger partial charge in [-0.15, -0.1) is 0 Å². The molecular formula is C17H18FNO2. The highest BCUT2D eigenvalue weighted by molar-refractivity contribution is 5.36. The van der Waals surface area contributed by atoms with Crippen LogP contribution in [0.4, 0.5) is 4.39 Å². The number of halogens is 1. The standard InChI is InChI=1S/C17H18FNO2/c1-20-16-7-6-12(9-14(16)18)17(19)13-8-11-4-2-3-5-15(11)21-10-13/h2-7,9,13,17H,8,10,19H2,1H3. The Morgan fingerprint density at radius 1 is 1.29 bits per heavy atom. The molecule has 0 bridgehead atoms. The third-order valence-corrected chi connectivity index (χ3v) is 3.98. The van der Waals surface area contributed by atoms with E-state index in [1.807, 2.05) is 30.3 Å². The van der Waals surface area contributed by atoms with Gasteiger partial charge in [0.1, 0.15) is 5.75 Å². The van der Waals surface area contributed by atoms with E-state index in [0.717, 1.165) is 23.3 Å². The van der Waals surface area contributed by atoms with Crippen molar-refractivity contribution in [2.45, 2.75) is 12.5 Å². The zero-order valence-electron chi connectivity index (χ0n) is 11.9. The molecule has 4 heteroatoms. The molecule has 3 rings (SSSR count). The molecule has 0 aromatic heterocycles. The molecule has 0 saturated carbocycles. The lowest BCUT2D eigenvalue weighted by atomic mass is 9.87. The van der Waals surface area contributed by atoms with Crippen LogP contribution in [0.1, 0.15) is 17.2 Å². The quantitative estimate of drug-likeness (QED) is 0.943. The van der Waals surface area contributed by atoms with Crippen molar-refractivity contribution in [3.63, 3.8) is 0 Å². The highest BCUT2D eigenvalue weighted by Gasteiger charge is 2.26. The number of benzene rings is 2. The molecule has 1 heterocycles. The maximum atomic E-state index is 13.8. The Morgan fingerprint density at radius 2 is 2.10 bits per heavy atom. The summed E-state index contributed by atoms with van der Waals surface area (Å²) in [6.07, 6.45) is 0.838. The molecule has 0 fully saturated rings. The smallest absolute Gasteiger partial charge is 0.165 e. The number of hydrogen-bond acceptors (Lipinski definition) is 3. The molecule has 2 unspecified atom stereocenters. The van der Waals surface area contributed by atoms with Gasteiger partial charge in [-0.25, -0.2) is 4.39 Å². The van der Waals surface area contributed by atoms with Crippen molar-refractivity contribution in [2.75, 3.05) is 13.7 Å². The van der Waals surface area contributed by atoms with Gasteiger partial charge in [-0.3, -0.25) is 0 Å². The Labute approximate surface area is 123 Å². The number of hydrogen-bond donors (Lipinski definition) is 1. The van der Waals surface area contributed by atoms with Crippen molar-refractivity contribution in [3.05, 3.63) is 59.4 Å². The van der Waals surface area contributed by atoms with Crippen LogP contribution in [0.25, 0.3) is 0 Å². The Bertz CT molecular complexity index is 644. The van der Waals surface area contributed by atoms with Crippen molar-refractivity contribution >= 4 is 0 Å². The SMILES string of the molecule is COc1ccc(C(N)C2COc3ccccc3C2)cc1F. The molecule has 1 aliphatic heterocycles. The number of methoxy groups -OCH3 is 1. The monoisotopic (exact) mass is 287 g/mol. The van der Waals surface area contributed by atoms with Gasteiger partial charge in [-0.1, -0.05) is 24.3 Å². The molecule has 3 nitrogen and oxygen atoms in total. The average molecular weight is 287 g/mol. The summed E-state index contributed by atoms with van der Waals surface area (Å²) < 4.78 is 24.5. The molecule has 2 aromatic rings. The van der Waals surface area contributed by atoms with E-state index >= 15 is 0 Å². The molecule has 0 amide bonds. The largest absolute Gasteiger partial charge is 0.494 e. The number of para-hydroxylation sites is 1. The van der Waals surface area contributed by atoms with E-state index in [2.05, 4.69) is 0 Å². The van der Waals surface area contributed by atoms with Crippen LogP contribution in [0.5, 0.6) is 11.5 Å². The highest BCUT2D eigenvalue weighted by atomic mass is 19.1. The summed E-state index contributed by atoms with van der Waals surface area (Å²) in [7, 11) is 1.45. The summed E-state index contributed by atoms with van der Waals surface area (Å²) in [4.78, 5) is 0. The van der Waals surface area contributed by atoms with Crippen molar-refractivity contribution in [2.24, 2.45) is 11.7 Å². The second-order valence-corrected chi connectivity index (χ2v) is 5.30. The van der Waals surface area contributed by atoms with Crippen molar-refractivity contribution in [3.8, 4) is 11.5 Å². The lowest BCUT2D eigenvalue weighted by molar-refractivity contribution is 0.199. The maximum absolute atomic E-state index is 13.8. The summed E-state index contributed by atoms with van der Waals surface area (Å²) in [6, 6.07) is 12.6. The van der Waals surface area contributed by atoms with Gasteiger partial charge in [0.15, 0.2) is 11.6 Å². The van der Waals surface area contributed by atoms with Crippen LogP contribution in [0.15, 0.2) is 42.5 Å². The molecule has 0 radical (unpaired) electrons. The Balaban J connectivity index is 1.80. The molecule has 0 saturated heterocycles. The fraction of sp³-hybridized carbons (Fsp3) is 0.294. The van der Waals surface area contributed by atoms with Gasteiger partial charge in [0.2, 0.25) is 0 Å². The first-order valence-corrected chi connectivity index (χ1v) is 6.98. The van der Waals surface area contributed by atoms with Crippen LogP contribution in [0, 0.1) is 11.7 Å². The summed E-state index contributed by atoms with van der Waals surface area (Å²) in [6.45, 7) is 0.547. The van der Waals surface area contributed by atoms with E-state index in [-0.39, 0.29) is 23.5 Å². The van der Waals surface area contributed by atoms with Gasteiger partial charge in [0.05, 0.1) is 13.7 Å². The summed E-state index contributed by atoms with van der Waals surface area (Å²) in [5.74, 6) is 0.897. The second-order valence-electron chi connectivity index (χ2n) is 5.30. The summed E-state index contributed by atoms with van der Waals surface area (Å²) in [5, 5.41) is 0. The first-order valence-electron chi connectivity index (χ1n) is 6.98. The fourth-order valence-corrected chi connectivity index (χ4v) is 2.74. The van der Waals surface area contributed by atoms with Gasteiger partial charge >= 0.3 is 0 Å². The van der Waals surface area contributed by atoms with Crippen molar-refractivity contribution in [1.82, 2.24) is 0 Å². The van der Waals surface area contributed by atoms with Crippen LogP contribution < -0.4 is 15.2 Å². The van der Waals surface area contributed by atoms with Gasteiger partial charge in [-0.05, 0) is 35.7 Å².